The van der Waals surface area contributed by atoms with Crippen LogP contribution < -0.4 is 5.32 Å². The molecule has 20 heavy (non-hydrogen) atoms. The summed E-state index contributed by atoms with van der Waals surface area (Å²) in [4.78, 5) is 12.2. The average molecular weight is 281 g/mol. The average Bonchev–Trinajstić information content (AvgIpc) is 2.83. The summed E-state index contributed by atoms with van der Waals surface area (Å²) >= 11 is 0. The molecule has 2 N–H and O–H groups in total. The van der Waals surface area contributed by atoms with Gasteiger partial charge in [0.05, 0.1) is 12.7 Å². The Morgan fingerprint density at radius 2 is 2.05 bits per heavy atom. The summed E-state index contributed by atoms with van der Waals surface area (Å²) < 4.78 is 1.64. The molecule has 0 aliphatic heterocycles. The first-order chi connectivity index (χ1) is 9.40. The first kappa shape index (κ1) is 16.7. The normalized spacial score (nSPS) is 14.3. The van der Waals surface area contributed by atoms with Gasteiger partial charge in [0.2, 0.25) is 5.91 Å². The van der Waals surface area contributed by atoms with E-state index in [-0.39, 0.29) is 18.4 Å². The number of carbonyl (C=O) groups excluding carboxylic acids is 1. The molecular weight excluding hydrogens is 254 g/mol. The molecule has 0 radical (unpaired) electrons. The fraction of sp³-hybridized carbons (Fsp3) is 0.733. The maximum atomic E-state index is 12.2. The van der Waals surface area contributed by atoms with E-state index in [9.17, 15) is 9.90 Å². The number of aliphatic hydroxyl groups is 1. The minimum atomic E-state index is -1.09. The van der Waals surface area contributed by atoms with E-state index in [0.717, 1.165) is 25.7 Å². The van der Waals surface area contributed by atoms with Crippen LogP contribution in [0.1, 0.15) is 52.0 Å². The number of hydrogen-bond donors (Lipinski definition) is 2. The highest BCUT2D eigenvalue weighted by atomic mass is 16.3. The number of aryl methyl sites for hydroxylation is 1. The Hall–Kier alpha value is -1.36. The summed E-state index contributed by atoms with van der Waals surface area (Å²) in [6, 6.07) is 0. The molecule has 0 aromatic carbocycles. The number of hydrogen-bond acceptors (Lipinski definition) is 3. The number of rotatable bonds is 8. The molecule has 1 unspecified atom stereocenters. The Morgan fingerprint density at radius 1 is 1.45 bits per heavy atom. The molecule has 1 heterocycles. The van der Waals surface area contributed by atoms with Crippen LogP contribution in [0.2, 0.25) is 0 Å². The second-order valence-electron chi connectivity index (χ2n) is 5.67. The van der Waals surface area contributed by atoms with Crippen LogP contribution in [0.25, 0.3) is 0 Å². The minimum Gasteiger partial charge on any atom is -0.383 e. The van der Waals surface area contributed by atoms with Crippen LogP contribution in [0.3, 0.4) is 0 Å². The van der Waals surface area contributed by atoms with E-state index in [1.54, 1.807) is 31.0 Å². The van der Waals surface area contributed by atoms with Gasteiger partial charge in [-0.05, 0) is 19.8 Å². The van der Waals surface area contributed by atoms with Gasteiger partial charge in [0.15, 0.2) is 0 Å². The monoisotopic (exact) mass is 281 g/mol. The largest absolute Gasteiger partial charge is 0.383 e. The zero-order valence-electron chi connectivity index (χ0n) is 13.0. The van der Waals surface area contributed by atoms with Gasteiger partial charge in [-0.2, -0.15) is 5.10 Å². The lowest BCUT2D eigenvalue weighted by molar-refractivity contribution is -0.126. The predicted molar refractivity (Wildman–Crippen MR) is 79.1 cm³/mol. The van der Waals surface area contributed by atoms with E-state index in [1.165, 1.54) is 0 Å². The Labute approximate surface area is 121 Å². The Morgan fingerprint density at radius 3 is 2.50 bits per heavy atom. The van der Waals surface area contributed by atoms with Gasteiger partial charge in [-0.1, -0.05) is 26.7 Å². The van der Waals surface area contributed by atoms with Crippen LogP contribution in [0, 0.1) is 5.92 Å². The van der Waals surface area contributed by atoms with Crippen LogP contribution in [0.4, 0.5) is 0 Å². The van der Waals surface area contributed by atoms with E-state index >= 15 is 0 Å². The van der Waals surface area contributed by atoms with Gasteiger partial charge < -0.3 is 10.4 Å². The van der Waals surface area contributed by atoms with E-state index in [1.807, 2.05) is 0 Å². The summed E-state index contributed by atoms with van der Waals surface area (Å²) in [6.45, 7) is 6.07. The van der Waals surface area contributed by atoms with Gasteiger partial charge in [-0.3, -0.25) is 9.48 Å². The zero-order chi connectivity index (χ0) is 15.2. The fourth-order valence-corrected chi connectivity index (χ4v) is 2.31. The number of nitrogens with one attached hydrogen (secondary N) is 1. The topological polar surface area (TPSA) is 67.2 Å². The molecule has 0 bridgehead atoms. The molecule has 1 atom stereocenters. The van der Waals surface area contributed by atoms with Crippen molar-refractivity contribution in [2.75, 3.05) is 6.54 Å². The van der Waals surface area contributed by atoms with Crippen molar-refractivity contribution < 1.29 is 9.90 Å². The molecule has 5 nitrogen and oxygen atoms in total. The van der Waals surface area contributed by atoms with Gasteiger partial charge in [0.1, 0.15) is 5.60 Å². The van der Waals surface area contributed by atoms with Crippen molar-refractivity contribution in [3.8, 4) is 0 Å². The molecule has 0 aliphatic carbocycles. The van der Waals surface area contributed by atoms with Crippen molar-refractivity contribution in [2.24, 2.45) is 13.0 Å². The van der Waals surface area contributed by atoms with Gasteiger partial charge in [0, 0.05) is 24.7 Å². The second-order valence-corrected chi connectivity index (χ2v) is 5.67. The van der Waals surface area contributed by atoms with Gasteiger partial charge >= 0.3 is 0 Å². The zero-order valence-corrected chi connectivity index (χ0v) is 13.0. The second kappa shape index (κ2) is 7.43. The number of nitrogens with zero attached hydrogens (tertiary/aromatic N) is 2. The van der Waals surface area contributed by atoms with Gasteiger partial charge in [-0.25, -0.2) is 0 Å². The molecule has 0 saturated heterocycles. The molecule has 0 fully saturated rings. The summed E-state index contributed by atoms with van der Waals surface area (Å²) in [5, 5.41) is 17.3. The molecule has 1 aromatic heterocycles. The predicted octanol–water partition coefficient (Wildman–Crippen LogP) is 1.96. The lowest BCUT2D eigenvalue weighted by atomic mass is 9.95. The molecule has 0 saturated carbocycles. The van der Waals surface area contributed by atoms with Crippen molar-refractivity contribution in [1.29, 1.82) is 0 Å². The highest BCUT2D eigenvalue weighted by Gasteiger charge is 2.26. The van der Waals surface area contributed by atoms with Crippen LogP contribution in [-0.2, 0) is 17.4 Å². The van der Waals surface area contributed by atoms with Crippen molar-refractivity contribution in [1.82, 2.24) is 15.1 Å². The molecule has 0 spiro atoms. The molecule has 1 rings (SSSR count). The summed E-state index contributed by atoms with van der Waals surface area (Å²) in [5.41, 5.74) is -0.379. The summed E-state index contributed by atoms with van der Waals surface area (Å²) in [5.74, 6) is 0.0903. The molecule has 5 heteroatoms. The molecule has 114 valence electrons. The maximum Gasteiger partial charge on any atom is 0.223 e. The van der Waals surface area contributed by atoms with Crippen LogP contribution in [0.15, 0.2) is 12.4 Å². The molecular formula is C15H27N3O2. The molecule has 1 amide bonds. The number of carbonyl (C=O) groups is 1. The van der Waals surface area contributed by atoms with E-state index in [2.05, 4.69) is 24.3 Å². The molecule has 1 aromatic rings. The SMILES string of the molecule is CCCC(CCC)C(=O)NCC(C)(O)c1cnn(C)c1. The van der Waals surface area contributed by atoms with Crippen molar-refractivity contribution >= 4 is 5.91 Å². The third kappa shape index (κ3) is 4.63. The van der Waals surface area contributed by atoms with Crippen molar-refractivity contribution in [3.05, 3.63) is 18.0 Å². The Balaban J connectivity index is 2.58. The standard InChI is InChI=1S/C15H27N3O2/c1-5-7-12(8-6-2)14(19)16-11-15(3,20)13-9-17-18(4)10-13/h9-10,12,20H,5-8,11H2,1-4H3,(H,16,19). The first-order valence-corrected chi connectivity index (χ1v) is 7.40. The summed E-state index contributed by atoms with van der Waals surface area (Å²) in [6.07, 6.45) is 7.18. The lowest BCUT2D eigenvalue weighted by Crippen LogP contribution is -2.41. The Kier molecular flexibility index (Phi) is 6.20. The van der Waals surface area contributed by atoms with E-state index in [4.69, 9.17) is 0 Å². The first-order valence-electron chi connectivity index (χ1n) is 7.40. The van der Waals surface area contributed by atoms with Crippen LogP contribution in [-0.4, -0.2) is 27.3 Å². The minimum absolute atomic E-state index is 0.0397. The third-order valence-electron chi connectivity index (χ3n) is 3.58. The van der Waals surface area contributed by atoms with E-state index in [0.29, 0.717) is 5.56 Å². The fourth-order valence-electron chi connectivity index (χ4n) is 2.31. The van der Waals surface area contributed by atoms with Crippen LogP contribution >= 0.6 is 0 Å². The number of aromatic nitrogens is 2. The van der Waals surface area contributed by atoms with Gasteiger partial charge in [0.25, 0.3) is 0 Å². The Bertz CT molecular complexity index is 421. The van der Waals surface area contributed by atoms with Crippen molar-refractivity contribution in [2.45, 2.75) is 52.1 Å². The van der Waals surface area contributed by atoms with E-state index < -0.39 is 5.60 Å². The van der Waals surface area contributed by atoms with Crippen LogP contribution in [0.5, 0.6) is 0 Å². The smallest absolute Gasteiger partial charge is 0.223 e. The highest BCUT2D eigenvalue weighted by molar-refractivity contribution is 5.78. The maximum absolute atomic E-state index is 12.2. The lowest BCUT2D eigenvalue weighted by Gasteiger charge is -2.24. The third-order valence-corrected chi connectivity index (χ3v) is 3.58. The van der Waals surface area contributed by atoms with Crippen molar-refractivity contribution in [3.63, 3.8) is 0 Å². The molecule has 0 aliphatic rings. The summed E-state index contributed by atoms with van der Waals surface area (Å²) in [7, 11) is 1.80. The van der Waals surface area contributed by atoms with Gasteiger partial charge in [-0.15, -0.1) is 0 Å². The quantitative estimate of drug-likeness (QED) is 0.765. The number of amides is 1. The highest BCUT2D eigenvalue weighted by Crippen LogP contribution is 2.19.